The van der Waals surface area contributed by atoms with E-state index in [2.05, 4.69) is 15.4 Å². The number of nitrogens with one attached hydrogen (secondary N) is 2. The number of fused-ring (bicyclic) bond motifs is 1. The molecule has 0 radical (unpaired) electrons. The first-order chi connectivity index (χ1) is 19.4. The van der Waals surface area contributed by atoms with Gasteiger partial charge in [0.25, 0.3) is 5.96 Å². The summed E-state index contributed by atoms with van der Waals surface area (Å²) in [4.78, 5) is 43.5. The molecule has 4 rings (SSSR count). The molecule has 0 aliphatic heterocycles. The Bertz CT molecular complexity index is 1450. The SMILES string of the molecule is NCCC[C@@H](C(=O)NC(N)=N[N+](=O)[O-])N(Cc1ccc2[nH]ccc2c1)C(=O)C(c1ccccc1)c1ccccc1. The number of H-pyrrole nitrogens is 1. The molecule has 1 aromatic heterocycles. The van der Waals surface area contributed by atoms with Crippen molar-refractivity contribution in [3.8, 4) is 0 Å². The summed E-state index contributed by atoms with van der Waals surface area (Å²) in [5.74, 6) is -2.38. The predicted molar refractivity (Wildman–Crippen MR) is 152 cm³/mol. The number of hydrogen-bond acceptors (Lipinski definition) is 5. The zero-order valence-electron chi connectivity index (χ0n) is 21.8. The van der Waals surface area contributed by atoms with E-state index >= 15 is 0 Å². The minimum Gasteiger partial charge on any atom is -0.364 e. The predicted octanol–water partition coefficient (Wildman–Crippen LogP) is 3.06. The van der Waals surface area contributed by atoms with Gasteiger partial charge in [0.1, 0.15) is 11.1 Å². The highest BCUT2D eigenvalue weighted by Gasteiger charge is 2.35. The van der Waals surface area contributed by atoms with E-state index in [0.29, 0.717) is 6.42 Å². The van der Waals surface area contributed by atoms with Crippen LogP contribution in [0.1, 0.15) is 35.4 Å². The normalized spacial score (nSPS) is 12.3. The molecule has 0 saturated heterocycles. The van der Waals surface area contributed by atoms with Crippen LogP contribution in [0, 0.1) is 10.1 Å². The summed E-state index contributed by atoms with van der Waals surface area (Å²) >= 11 is 0. The number of hydrazone groups is 1. The number of amides is 2. The van der Waals surface area contributed by atoms with Crippen molar-refractivity contribution in [2.45, 2.75) is 31.3 Å². The molecule has 2 amide bonds. The fraction of sp³-hybridized carbons (Fsp3) is 0.207. The zero-order valence-corrected chi connectivity index (χ0v) is 21.8. The molecule has 0 unspecified atom stereocenters. The Morgan fingerprint density at radius 3 is 2.25 bits per heavy atom. The van der Waals surface area contributed by atoms with Crippen LogP contribution >= 0.6 is 0 Å². The van der Waals surface area contributed by atoms with Crippen molar-refractivity contribution in [2.75, 3.05) is 6.54 Å². The van der Waals surface area contributed by atoms with Crippen LogP contribution in [0.5, 0.6) is 0 Å². The molecule has 0 fully saturated rings. The van der Waals surface area contributed by atoms with Crippen molar-refractivity contribution in [3.05, 3.63) is 118 Å². The van der Waals surface area contributed by atoms with Crippen molar-refractivity contribution < 1.29 is 14.6 Å². The lowest BCUT2D eigenvalue weighted by Gasteiger charge is -2.34. The Hall–Kier alpha value is -5.03. The second-order valence-electron chi connectivity index (χ2n) is 9.28. The average Bonchev–Trinajstić information content (AvgIpc) is 3.41. The third-order valence-corrected chi connectivity index (χ3v) is 6.57. The molecule has 4 aromatic rings. The molecule has 11 nitrogen and oxygen atoms in total. The summed E-state index contributed by atoms with van der Waals surface area (Å²) in [7, 11) is 0. The number of nitro groups is 1. The highest BCUT2D eigenvalue weighted by molar-refractivity contribution is 6.00. The summed E-state index contributed by atoms with van der Waals surface area (Å²) in [5, 5.41) is 16.0. The van der Waals surface area contributed by atoms with Crippen molar-refractivity contribution in [2.24, 2.45) is 16.6 Å². The van der Waals surface area contributed by atoms with Crippen molar-refractivity contribution in [1.82, 2.24) is 15.2 Å². The Kier molecular flexibility index (Phi) is 9.21. The van der Waals surface area contributed by atoms with Crippen molar-refractivity contribution in [3.63, 3.8) is 0 Å². The van der Waals surface area contributed by atoms with Crippen LogP contribution in [0.2, 0.25) is 0 Å². The maximum absolute atomic E-state index is 14.6. The van der Waals surface area contributed by atoms with Crippen molar-refractivity contribution >= 4 is 28.7 Å². The van der Waals surface area contributed by atoms with Crippen LogP contribution in [0.3, 0.4) is 0 Å². The lowest BCUT2D eigenvalue weighted by atomic mass is 9.89. The molecule has 11 heteroatoms. The number of nitrogens with zero attached hydrogens (tertiary/aromatic N) is 3. The molecule has 0 saturated carbocycles. The quantitative estimate of drug-likeness (QED) is 0.0983. The Labute approximate surface area is 231 Å². The molecular weight excluding hydrogens is 510 g/mol. The molecular formula is C29H31N7O4. The number of carbonyl (C=O) groups excluding carboxylic acids is 2. The van der Waals surface area contributed by atoms with Gasteiger partial charge in [0.05, 0.1) is 5.92 Å². The van der Waals surface area contributed by atoms with Gasteiger partial charge in [-0.15, -0.1) is 0 Å². The Morgan fingerprint density at radius 1 is 1.00 bits per heavy atom. The Balaban J connectivity index is 1.80. The monoisotopic (exact) mass is 541 g/mol. The lowest BCUT2D eigenvalue weighted by Crippen LogP contribution is -2.53. The summed E-state index contributed by atoms with van der Waals surface area (Å²) in [6.07, 6.45) is 2.46. The second kappa shape index (κ2) is 13.2. The molecule has 0 bridgehead atoms. The smallest absolute Gasteiger partial charge is 0.272 e. The van der Waals surface area contributed by atoms with Gasteiger partial charge in [-0.2, -0.15) is 0 Å². The fourth-order valence-electron chi connectivity index (χ4n) is 4.74. The van der Waals surface area contributed by atoms with Gasteiger partial charge in [0.15, 0.2) is 5.03 Å². The topological polar surface area (TPSA) is 173 Å². The number of rotatable bonds is 11. The summed E-state index contributed by atoms with van der Waals surface area (Å²) in [6.45, 7) is 0.380. The molecule has 6 N–H and O–H groups in total. The summed E-state index contributed by atoms with van der Waals surface area (Å²) in [5.41, 5.74) is 14.7. The first kappa shape index (κ1) is 28.0. The summed E-state index contributed by atoms with van der Waals surface area (Å²) in [6, 6.07) is 25.3. The number of hydrogen-bond donors (Lipinski definition) is 4. The van der Waals surface area contributed by atoms with Gasteiger partial charge in [-0.05, 0) is 59.7 Å². The first-order valence-corrected chi connectivity index (χ1v) is 12.8. The van der Waals surface area contributed by atoms with Gasteiger partial charge in [0.2, 0.25) is 11.8 Å². The van der Waals surface area contributed by atoms with E-state index < -0.39 is 28.9 Å². The number of nitrogens with two attached hydrogens (primary N) is 2. The van der Waals surface area contributed by atoms with Gasteiger partial charge in [-0.25, -0.2) is 10.1 Å². The third-order valence-electron chi connectivity index (χ3n) is 6.57. The van der Waals surface area contributed by atoms with Crippen LogP contribution in [-0.2, 0) is 16.1 Å². The van der Waals surface area contributed by atoms with Crippen LogP contribution in [0.4, 0.5) is 0 Å². The molecule has 3 aromatic carbocycles. The fourth-order valence-corrected chi connectivity index (χ4v) is 4.74. The van der Waals surface area contributed by atoms with E-state index in [-0.39, 0.29) is 25.4 Å². The van der Waals surface area contributed by atoms with Crippen LogP contribution in [-0.4, -0.2) is 45.3 Å². The number of guanidine groups is 1. The van der Waals surface area contributed by atoms with E-state index in [1.165, 1.54) is 4.90 Å². The first-order valence-electron chi connectivity index (χ1n) is 12.8. The Morgan fingerprint density at radius 2 is 1.65 bits per heavy atom. The molecule has 0 aliphatic rings. The van der Waals surface area contributed by atoms with Gasteiger partial charge in [-0.1, -0.05) is 66.7 Å². The maximum Gasteiger partial charge on any atom is 0.272 e. The number of aromatic amines is 1. The van der Waals surface area contributed by atoms with Gasteiger partial charge < -0.3 is 21.4 Å². The van der Waals surface area contributed by atoms with E-state index in [0.717, 1.165) is 27.6 Å². The molecule has 1 atom stereocenters. The molecule has 0 aliphatic carbocycles. The zero-order chi connectivity index (χ0) is 28.5. The lowest BCUT2D eigenvalue weighted by molar-refractivity contribution is -0.485. The van der Waals surface area contributed by atoms with E-state index in [1.807, 2.05) is 91.1 Å². The highest BCUT2D eigenvalue weighted by Crippen LogP contribution is 2.30. The van der Waals surface area contributed by atoms with E-state index in [4.69, 9.17) is 11.5 Å². The minimum atomic E-state index is -1.03. The molecule has 0 spiro atoms. The largest absolute Gasteiger partial charge is 0.364 e. The van der Waals surface area contributed by atoms with Gasteiger partial charge >= 0.3 is 0 Å². The van der Waals surface area contributed by atoms with Gasteiger partial charge in [-0.3, -0.25) is 14.9 Å². The molecule has 1 heterocycles. The third kappa shape index (κ3) is 6.88. The van der Waals surface area contributed by atoms with Crippen LogP contribution in [0.15, 0.2) is 96.2 Å². The average molecular weight is 542 g/mol. The highest BCUT2D eigenvalue weighted by atomic mass is 16.7. The molecule has 206 valence electrons. The number of aromatic nitrogens is 1. The summed E-state index contributed by atoms with van der Waals surface area (Å²) < 4.78 is 0. The standard InChI is InChI=1S/C29H31N7O4/c30-16-7-12-25(27(37)33-29(31)34-36(39)40)35(19-20-13-14-24-23(18-20)15-17-32-24)28(38)26(21-8-3-1-4-9-21)22-10-5-2-6-11-22/h1-6,8-11,13-15,17-18,25-26,32H,7,12,16,19,30H2,(H3,31,33,34,37)/t25-/m0/s1. The maximum atomic E-state index is 14.6. The second-order valence-corrected chi connectivity index (χ2v) is 9.28. The number of benzene rings is 3. The number of carbonyl (C=O) groups is 2. The van der Waals surface area contributed by atoms with Crippen LogP contribution < -0.4 is 16.8 Å². The van der Waals surface area contributed by atoms with E-state index in [9.17, 15) is 19.7 Å². The van der Waals surface area contributed by atoms with Crippen LogP contribution in [0.25, 0.3) is 10.9 Å². The van der Waals surface area contributed by atoms with Crippen molar-refractivity contribution in [1.29, 1.82) is 0 Å². The van der Waals surface area contributed by atoms with E-state index in [1.54, 1.807) is 0 Å². The van der Waals surface area contributed by atoms with Gasteiger partial charge in [0, 0.05) is 18.3 Å². The molecule has 40 heavy (non-hydrogen) atoms. The minimum absolute atomic E-state index is 0.102.